The van der Waals surface area contributed by atoms with Crippen LogP contribution >= 0.6 is 0 Å². The summed E-state index contributed by atoms with van der Waals surface area (Å²) in [6.45, 7) is 6.82. The Morgan fingerprint density at radius 2 is 1.65 bits per heavy atom. The predicted octanol–water partition coefficient (Wildman–Crippen LogP) is 3.23. The van der Waals surface area contributed by atoms with Gasteiger partial charge in [-0.2, -0.15) is 0 Å². The van der Waals surface area contributed by atoms with E-state index in [1.54, 1.807) is 0 Å². The van der Waals surface area contributed by atoms with Gasteiger partial charge in [-0.1, -0.05) is 40.0 Å². The Morgan fingerprint density at radius 1 is 1.06 bits per heavy atom. The average Bonchev–Trinajstić information content (AvgIpc) is 2.14. The van der Waals surface area contributed by atoms with E-state index in [9.17, 15) is 5.11 Å². The molecule has 0 aromatic rings. The molecule has 0 aliphatic heterocycles. The minimum absolute atomic E-state index is 0.232. The van der Waals surface area contributed by atoms with Gasteiger partial charge in [-0.3, -0.25) is 0 Å². The van der Waals surface area contributed by atoms with E-state index in [1.165, 1.54) is 25.7 Å². The summed E-state index contributed by atoms with van der Waals surface area (Å²) in [5.74, 6) is 0.589. The maximum Gasteiger partial charge on any atom is 0.0833 e. The van der Waals surface area contributed by atoms with Gasteiger partial charge in [0, 0.05) is 5.54 Å². The number of rotatable bonds is 1. The summed E-state index contributed by atoms with van der Waals surface area (Å²) in [5, 5.41) is 11.1. The highest BCUT2D eigenvalue weighted by atomic mass is 16.3. The summed E-state index contributed by atoms with van der Waals surface area (Å²) in [5.41, 5.74) is 5.88. The molecule has 2 aliphatic rings. The van der Waals surface area contributed by atoms with Crippen LogP contribution in [0.25, 0.3) is 0 Å². The molecule has 2 fully saturated rings. The van der Waals surface area contributed by atoms with Crippen LogP contribution in [-0.2, 0) is 0 Å². The van der Waals surface area contributed by atoms with E-state index in [2.05, 4.69) is 20.8 Å². The van der Waals surface area contributed by atoms with Crippen LogP contribution in [0.15, 0.2) is 0 Å². The highest BCUT2D eigenvalue weighted by molar-refractivity contribution is 5.09. The van der Waals surface area contributed by atoms with Gasteiger partial charge >= 0.3 is 0 Å². The Kier molecular flexibility index (Phi) is 3.33. The molecule has 2 aliphatic carbocycles. The summed E-state index contributed by atoms with van der Waals surface area (Å²) in [7, 11) is 0. The third-order valence-electron chi connectivity index (χ3n) is 5.03. The van der Waals surface area contributed by atoms with Gasteiger partial charge in [0.1, 0.15) is 0 Å². The molecule has 2 atom stereocenters. The molecule has 3 N–H and O–H groups in total. The van der Waals surface area contributed by atoms with Crippen LogP contribution in [0, 0.1) is 11.3 Å². The topological polar surface area (TPSA) is 46.2 Å². The van der Waals surface area contributed by atoms with Gasteiger partial charge in [-0.15, -0.1) is 0 Å². The molecule has 2 rings (SSSR count). The number of hydrogen-bond acceptors (Lipinski definition) is 2. The molecular formula is C15H29NO. The SMILES string of the molecule is CC1CC(C)(C)CC(O)(C2(N)CCCCC2)C1. The van der Waals surface area contributed by atoms with Crippen LogP contribution in [0.4, 0.5) is 0 Å². The predicted molar refractivity (Wildman–Crippen MR) is 71.7 cm³/mol. The van der Waals surface area contributed by atoms with E-state index < -0.39 is 5.60 Å². The van der Waals surface area contributed by atoms with Crippen molar-refractivity contribution in [2.24, 2.45) is 17.1 Å². The van der Waals surface area contributed by atoms with Crippen LogP contribution in [0.3, 0.4) is 0 Å². The highest BCUT2D eigenvalue weighted by Crippen LogP contribution is 2.50. The Hall–Kier alpha value is -0.0800. The minimum Gasteiger partial charge on any atom is -0.388 e. The van der Waals surface area contributed by atoms with Crippen molar-refractivity contribution < 1.29 is 5.11 Å². The fourth-order valence-corrected chi connectivity index (χ4v) is 4.56. The first kappa shape index (κ1) is 13.4. The third kappa shape index (κ3) is 2.53. The first-order valence-corrected chi connectivity index (χ1v) is 7.28. The molecule has 0 spiro atoms. The van der Waals surface area contributed by atoms with E-state index >= 15 is 0 Å². The fraction of sp³-hybridized carbons (Fsp3) is 1.00. The van der Waals surface area contributed by atoms with E-state index in [4.69, 9.17) is 5.73 Å². The zero-order chi connectivity index (χ0) is 12.7. The van der Waals surface area contributed by atoms with Gasteiger partial charge in [0.2, 0.25) is 0 Å². The Labute approximate surface area is 106 Å². The van der Waals surface area contributed by atoms with E-state index in [-0.39, 0.29) is 11.0 Å². The second kappa shape index (κ2) is 4.24. The van der Waals surface area contributed by atoms with E-state index in [1.807, 2.05) is 0 Å². The van der Waals surface area contributed by atoms with Crippen LogP contribution in [0.5, 0.6) is 0 Å². The minimum atomic E-state index is -0.630. The number of hydrogen-bond donors (Lipinski definition) is 2. The average molecular weight is 239 g/mol. The molecule has 100 valence electrons. The Morgan fingerprint density at radius 3 is 2.18 bits per heavy atom. The van der Waals surface area contributed by atoms with Gasteiger partial charge in [-0.25, -0.2) is 0 Å². The van der Waals surface area contributed by atoms with E-state index in [0.717, 1.165) is 25.7 Å². The van der Waals surface area contributed by atoms with Crippen molar-refractivity contribution in [3.63, 3.8) is 0 Å². The lowest BCUT2D eigenvalue weighted by atomic mass is 9.57. The van der Waals surface area contributed by atoms with Crippen LogP contribution in [0.2, 0.25) is 0 Å². The molecule has 0 saturated heterocycles. The third-order valence-corrected chi connectivity index (χ3v) is 5.03. The molecule has 2 heteroatoms. The normalized spacial score (nSPS) is 41.1. The maximum absolute atomic E-state index is 11.1. The Balaban J connectivity index is 2.21. The van der Waals surface area contributed by atoms with Crippen molar-refractivity contribution in [3.05, 3.63) is 0 Å². The molecule has 0 bridgehead atoms. The largest absolute Gasteiger partial charge is 0.388 e. The lowest BCUT2D eigenvalue weighted by Gasteiger charge is -2.54. The van der Waals surface area contributed by atoms with Crippen molar-refractivity contribution in [2.75, 3.05) is 0 Å². The van der Waals surface area contributed by atoms with Crippen molar-refractivity contribution in [3.8, 4) is 0 Å². The molecule has 2 unspecified atom stereocenters. The van der Waals surface area contributed by atoms with Gasteiger partial charge < -0.3 is 10.8 Å². The molecule has 0 radical (unpaired) electrons. The van der Waals surface area contributed by atoms with E-state index in [0.29, 0.717) is 5.92 Å². The summed E-state index contributed by atoms with van der Waals surface area (Å²) in [4.78, 5) is 0. The quantitative estimate of drug-likeness (QED) is 0.738. The zero-order valence-corrected chi connectivity index (χ0v) is 11.8. The van der Waals surface area contributed by atoms with Crippen molar-refractivity contribution in [1.82, 2.24) is 0 Å². The summed E-state index contributed by atoms with van der Waals surface area (Å²) >= 11 is 0. The molecular weight excluding hydrogens is 210 g/mol. The number of aliphatic hydroxyl groups is 1. The molecule has 2 saturated carbocycles. The molecule has 0 amide bonds. The second-order valence-electron chi connectivity index (χ2n) is 7.60. The highest BCUT2D eigenvalue weighted by Gasteiger charge is 2.53. The van der Waals surface area contributed by atoms with Crippen LogP contribution < -0.4 is 5.73 Å². The molecule has 0 heterocycles. The first-order chi connectivity index (χ1) is 7.77. The maximum atomic E-state index is 11.1. The van der Waals surface area contributed by atoms with Crippen molar-refractivity contribution >= 4 is 0 Å². The lowest BCUT2D eigenvalue weighted by molar-refractivity contribution is -0.120. The smallest absolute Gasteiger partial charge is 0.0833 e. The fourth-order valence-electron chi connectivity index (χ4n) is 4.56. The standard InChI is InChI=1S/C15H29NO/c1-12-9-13(2,3)11-15(17,10-12)14(16)7-5-4-6-8-14/h12,17H,4-11,16H2,1-3H3. The summed E-state index contributed by atoms with van der Waals surface area (Å²) < 4.78 is 0. The van der Waals surface area contributed by atoms with Gasteiger partial charge in [0.15, 0.2) is 0 Å². The van der Waals surface area contributed by atoms with Crippen LogP contribution in [0.1, 0.15) is 72.1 Å². The van der Waals surface area contributed by atoms with Gasteiger partial charge in [-0.05, 0) is 43.4 Å². The first-order valence-electron chi connectivity index (χ1n) is 7.28. The molecule has 0 aromatic carbocycles. The van der Waals surface area contributed by atoms with Crippen LogP contribution in [-0.4, -0.2) is 16.2 Å². The second-order valence-corrected chi connectivity index (χ2v) is 7.60. The zero-order valence-electron chi connectivity index (χ0n) is 11.8. The summed E-state index contributed by atoms with van der Waals surface area (Å²) in [6, 6.07) is 0. The van der Waals surface area contributed by atoms with Gasteiger partial charge in [0.25, 0.3) is 0 Å². The lowest BCUT2D eigenvalue weighted by Crippen LogP contribution is -2.64. The molecule has 17 heavy (non-hydrogen) atoms. The Bertz CT molecular complexity index is 281. The number of nitrogens with two attached hydrogens (primary N) is 1. The molecule has 2 nitrogen and oxygen atoms in total. The summed E-state index contributed by atoms with van der Waals surface area (Å²) in [6.07, 6.45) is 8.66. The van der Waals surface area contributed by atoms with Crippen molar-refractivity contribution in [1.29, 1.82) is 0 Å². The van der Waals surface area contributed by atoms with Gasteiger partial charge in [0.05, 0.1) is 5.60 Å². The molecule has 0 aromatic heterocycles. The monoisotopic (exact) mass is 239 g/mol. The van der Waals surface area contributed by atoms with Crippen molar-refractivity contribution in [2.45, 2.75) is 83.3 Å².